The second kappa shape index (κ2) is 31.5. The van der Waals surface area contributed by atoms with E-state index >= 15 is 0 Å². The van der Waals surface area contributed by atoms with Gasteiger partial charge in [-0.15, -0.1) is 0 Å². The minimum absolute atomic E-state index is 0. The van der Waals surface area contributed by atoms with E-state index in [4.69, 9.17) is 28.9 Å². The summed E-state index contributed by atoms with van der Waals surface area (Å²) >= 11 is 0. The Bertz CT molecular complexity index is 3410. The molecule has 0 fully saturated rings. The number of benzene rings is 4. The summed E-state index contributed by atoms with van der Waals surface area (Å²) in [6.07, 6.45) is 20.2. The number of H-pyrrole nitrogens is 2. The molecule has 4 aromatic carbocycles. The van der Waals surface area contributed by atoms with Crippen molar-refractivity contribution in [3.05, 3.63) is 144 Å². The third kappa shape index (κ3) is 18.5. The van der Waals surface area contributed by atoms with Crippen LogP contribution in [0, 0.1) is 0 Å². The molecule has 3 aromatic heterocycles. The van der Waals surface area contributed by atoms with Gasteiger partial charge in [0.05, 0.1) is 125 Å². The second-order valence-electron chi connectivity index (χ2n) is 24.2. The minimum atomic E-state index is 0. The fourth-order valence-electron chi connectivity index (χ4n) is 10.6. The Balaban J connectivity index is 0.00000377. The molecule has 3 N–H and O–H groups in total. The molecular formula is C70H88Cl3N7O4. The first-order valence-corrected chi connectivity index (χ1v) is 29.7. The number of hydrogen-bond donors (Lipinski definition) is 3. The van der Waals surface area contributed by atoms with Crippen LogP contribution in [-0.4, -0.2) is 131 Å². The molecule has 7 aromatic rings. The van der Waals surface area contributed by atoms with Crippen molar-refractivity contribution in [2.24, 2.45) is 0 Å². The zero-order valence-electron chi connectivity index (χ0n) is 50.9. The average Bonchev–Trinajstić information content (AvgIpc) is 4.43. The lowest BCUT2D eigenvalue weighted by molar-refractivity contribution is -0.870. The molecule has 8 bridgehead atoms. The number of nitrogens with one attached hydrogen (secondary N) is 3. The molecule has 0 atom stereocenters. The van der Waals surface area contributed by atoms with E-state index < -0.39 is 0 Å². The Kier molecular flexibility index (Phi) is 25.0. The van der Waals surface area contributed by atoms with Crippen molar-refractivity contribution < 1.29 is 70.0 Å². The van der Waals surface area contributed by atoms with Crippen LogP contribution in [0.3, 0.4) is 0 Å². The number of aromatic amines is 2. The Labute approximate surface area is 518 Å². The standard InChI is InChI=1S/C70H87N7O4.3ClH/c1-10-11-12-13-14-15-16-47-78-55-28-20-51(21-29-55)67-59-36-38-61(71-59)68(52-22-30-56(31-23-52)79-48-17-44-75(2)3)62-39-41-64(73-62)70(54-26-34-58(35-27-54)81-50-19-46-77(7,8)9)66-43-42-65(74-66)69(63-40-37-60(67)72-63)53-24-32-57(33-25-53)80-49-18-45-76(4,5)6;;;/h20-43,71,74H,10-19,44-50H2,1-9H3;3*1H/q+2;;;/p-2. The lowest BCUT2D eigenvalue weighted by Crippen LogP contribution is -3.05. The van der Waals surface area contributed by atoms with Gasteiger partial charge in [-0.1, -0.05) is 94.0 Å². The average molecular weight is 1200 g/mol. The Morgan fingerprint density at radius 2 is 0.631 bits per heavy atom. The normalized spacial score (nSPS) is 11.9. The largest absolute Gasteiger partial charge is 1.00 e. The van der Waals surface area contributed by atoms with E-state index in [1.165, 1.54) is 43.4 Å². The highest BCUT2D eigenvalue weighted by molar-refractivity contribution is 6.00. The first-order valence-electron chi connectivity index (χ1n) is 29.7. The molecule has 11 nitrogen and oxygen atoms in total. The quantitative estimate of drug-likeness (QED) is 0.0454. The van der Waals surface area contributed by atoms with Crippen LogP contribution in [-0.2, 0) is 0 Å². The van der Waals surface area contributed by atoms with E-state index in [0.29, 0.717) is 26.4 Å². The second-order valence-corrected chi connectivity index (χ2v) is 24.2. The van der Waals surface area contributed by atoms with Crippen molar-refractivity contribution >= 4 is 46.4 Å². The molecule has 84 heavy (non-hydrogen) atoms. The molecule has 0 amide bonds. The Hall–Kier alpha value is -6.57. The number of fused-ring (bicyclic) bond motifs is 8. The topological polar surface area (TPSA) is 98.7 Å². The summed E-state index contributed by atoms with van der Waals surface area (Å²) in [5, 5.41) is 0. The maximum atomic E-state index is 6.33. The molecule has 5 heterocycles. The van der Waals surface area contributed by atoms with Crippen LogP contribution in [0.2, 0.25) is 0 Å². The van der Waals surface area contributed by atoms with E-state index in [2.05, 4.69) is 219 Å². The molecule has 448 valence electrons. The Morgan fingerprint density at radius 1 is 0.357 bits per heavy atom. The maximum absolute atomic E-state index is 6.33. The first kappa shape index (κ1) is 66.6. The number of ether oxygens (including phenoxy) is 4. The van der Waals surface area contributed by atoms with E-state index in [0.717, 1.165) is 167 Å². The van der Waals surface area contributed by atoms with Crippen molar-refractivity contribution in [1.29, 1.82) is 0 Å². The van der Waals surface area contributed by atoms with Gasteiger partial charge in [-0.25, -0.2) is 9.97 Å². The molecule has 0 aliphatic carbocycles. The number of rotatable bonds is 28. The molecule has 0 unspecified atom stereocenters. The van der Waals surface area contributed by atoms with Crippen molar-refractivity contribution in [2.75, 3.05) is 102 Å². The molecular weight excluding hydrogens is 1110 g/mol. The van der Waals surface area contributed by atoms with E-state index in [-0.39, 0.29) is 37.2 Å². The number of hydrogen-bond acceptors (Lipinski definition) is 6. The molecule has 2 aliphatic heterocycles. The smallest absolute Gasteiger partial charge is 0.119 e. The van der Waals surface area contributed by atoms with Crippen LogP contribution < -0.4 is 61.1 Å². The van der Waals surface area contributed by atoms with Crippen molar-refractivity contribution in [1.82, 2.24) is 19.9 Å². The maximum Gasteiger partial charge on any atom is 0.119 e. The molecule has 0 saturated heterocycles. The zero-order valence-corrected chi connectivity index (χ0v) is 53.2. The van der Waals surface area contributed by atoms with Crippen LogP contribution >= 0.6 is 0 Å². The number of aromatic nitrogens is 4. The van der Waals surface area contributed by atoms with Gasteiger partial charge in [0.15, 0.2) is 0 Å². The van der Waals surface area contributed by atoms with Gasteiger partial charge in [-0.2, -0.15) is 0 Å². The molecule has 0 saturated carbocycles. The van der Waals surface area contributed by atoms with Gasteiger partial charge >= 0.3 is 0 Å². The first-order chi connectivity index (χ1) is 39.2. The summed E-state index contributed by atoms with van der Waals surface area (Å²) in [7, 11) is 17.6. The molecule has 14 heteroatoms. The highest BCUT2D eigenvalue weighted by Crippen LogP contribution is 2.40. The number of halogens is 3. The third-order valence-electron chi connectivity index (χ3n) is 14.9. The monoisotopic (exact) mass is 1200 g/mol. The molecule has 2 aliphatic rings. The lowest BCUT2D eigenvalue weighted by Gasteiger charge is -2.23. The molecule has 0 spiro atoms. The van der Waals surface area contributed by atoms with Crippen molar-refractivity contribution in [3.8, 4) is 67.5 Å². The fourth-order valence-corrected chi connectivity index (χ4v) is 10.6. The van der Waals surface area contributed by atoms with Gasteiger partial charge in [0.2, 0.25) is 0 Å². The summed E-state index contributed by atoms with van der Waals surface area (Å²) in [5.41, 5.74) is 15.1. The van der Waals surface area contributed by atoms with E-state index in [1.807, 2.05) is 0 Å². The predicted molar refractivity (Wildman–Crippen MR) is 338 cm³/mol. The molecule has 9 rings (SSSR count). The molecule has 0 radical (unpaired) electrons. The van der Waals surface area contributed by atoms with Gasteiger partial charge in [-0.3, -0.25) is 0 Å². The summed E-state index contributed by atoms with van der Waals surface area (Å²) in [4.78, 5) is 20.4. The van der Waals surface area contributed by atoms with Gasteiger partial charge in [0.1, 0.15) is 23.0 Å². The summed E-state index contributed by atoms with van der Waals surface area (Å²) in [5.74, 6) is 3.40. The lowest BCUT2D eigenvalue weighted by atomic mass is 10.0. The summed E-state index contributed by atoms with van der Waals surface area (Å²) < 4.78 is 27.0. The number of quaternary nitrogens is 3. The third-order valence-corrected chi connectivity index (χ3v) is 14.9. The fraction of sp³-hybridized carbons (Fsp3) is 0.371. The predicted octanol–water partition coefficient (Wildman–Crippen LogP) is 5.33. The van der Waals surface area contributed by atoms with Crippen LogP contribution in [0.15, 0.2) is 121 Å². The summed E-state index contributed by atoms with van der Waals surface area (Å²) in [6, 6.07) is 42.6. The van der Waals surface area contributed by atoms with E-state index in [9.17, 15) is 0 Å². The van der Waals surface area contributed by atoms with Crippen LogP contribution in [0.5, 0.6) is 23.0 Å². The number of unbranched alkanes of at least 4 members (excludes halogenated alkanes) is 6. The SMILES string of the molecule is CCCCCCCCCOc1ccc(-c2c3nc(c(-c4ccc(OCCC[N+](C)(C)C)cc4)c4ccc([nH]4)c(-c4ccc(OCCC[N+](C)(C)C)cc4)c4nc(c(-c5ccc(OCCC[NH+](C)C)cc5)c5ccc2[nH]5)C=C4)C=C3)cc1.[Cl-].[Cl-].[Cl-]. The van der Waals surface area contributed by atoms with Gasteiger partial charge < -0.3 is 80.0 Å². The van der Waals surface area contributed by atoms with E-state index in [1.54, 1.807) is 0 Å². The highest BCUT2D eigenvalue weighted by atomic mass is 35.5. The zero-order chi connectivity index (χ0) is 56.8. The highest BCUT2D eigenvalue weighted by Gasteiger charge is 2.20. The van der Waals surface area contributed by atoms with Gasteiger partial charge in [0.25, 0.3) is 0 Å². The van der Waals surface area contributed by atoms with Crippen molar-refractivity contribution in [3.63, 3.8) is 0 Å². The van der Waals surface area contributed by atoms with Crippen molar-refractivity contribution in [2.45, 2.75) is 71.1 Å². The van der Waals surface area contributed by atoms with Crippen LogP contribution in [0.25, 0.3) is 90.9 Å². The van der Waals surface area contributed by atoms with Gasteiger partial charge in [-0.05, 0) is 126 Å². The van der Waals surface area contributed by atoms with Crippen LogP contribution in [0.4, 0.5) is 0 Å². The van der Waals surface area contributed by atoms with Gasteiger partial charge in [0, 0.05) is 63.6 Å². The minimum Gasteiger partial charge on any atom is -1.00 e. The number of nitrogens with zero attached hydrogens (tertiary/aromatic N) is 4. The summed E-state index contributed by atoms with van der Waals surface area (Å²) in [6.45, 7) is 8.07. The van der Waals surface area contributed by atoms with Crippen LogP contribution in [0.1, 0.15) is 93.9 Å². The Morgan fingerprint density at radius 3 is 0.917 bits per heavy atom.